The van der Waals surface area contributed by atoms with E-state index in [1.54, 1.807) is 24.4 Å². The predicted octanol–water partition coefficient (Wildman–Crippen LogP) is 3.02. The molecular weight excluding hydrogens is 350 g/mol. The van der Waals surface area contributed by atoms with Gasteiger partial charge in [-0.2, -0.15) is 5.10 Å². The number of rotatable bonds is 6. The number of nitrogen functional groups attached to an aromatic ring is 1. The standard InChI is InChI=1S/C19H26ClN5O/c1-14-3-2-8-24(12-14)9-10-25(19(26)18-6-7-22-23-18)13-15-11-16(21)4-5-17(15)20/h4-7,11,14H,2-3,8-10,12-13,21H2,1H3,(H,22,23). The first-order chi connectivity index (χ1) is 12.5. The number of nitrogens with one attached hydrogen (secondary N) is 1. The minimum absolute atomic E-state index is 0.0777. The number of nitrogens with two attached hydrogens (primary N) is 1. The van der Waals surface area contributed by atoms with Crippen molar-refractivity contribution in [2.75, 3.05) is 31.9 Å². The van der Waals surface area contributed by atoms with Crippen LogP contribution < -0.4 is 5.73 Å². The molecule has 140 valence electrons. The Morgan fingerprint density at radius 1 is 1.46 bits per heavy atom. The van der Waals surface area contributed by atoms with Crippen molar-refractivity contribution in [2.24, 2.45) is 5.92 Å². The lowest BCUT2D eigenvalue weighted by atomic mass is 10.0. The summed E-state index contributed by atoms with van der Waals surface area (Å²) in [4.78, 5) is 17.2. The molecule has 1 aliphatic heterocycles. The van der Waals surface area contributed by atoms with Crippen LogP contribution in [0.25, 0.3) is 0 Å². The maximum Gasteiger partial charge on any atom is 0.272 e. The number of halogens is 1. The second-order valence-corrected chi connectivity index (χ2v) is 7.50. The fraction of sp³-hybridized carbons (Fsp3) is 0.474. The smallest absolute Gasteiger partial charge is 0.272 e. The predicted molar refractivity (Wildman–Crippen MR) is 104 cm³/mol. The summed E-state index contributed by atoms with van der Waals surface area (Å²) in [6, 6.07) is 7.07. The lowest BCUT2D eigenvalue weighted by Crippen LogP contribution is -2.42. The Bertz CT molecular complexity index is 734. The molecule has 0 aliphatic carbocycles. The van der Waals surface area contributed by atoms with E-state index in [0.717, 1.165) is 25.2 Å². The lowest BCUT2D eigenvalue weighted by molar-refractivity contribution is 0.0701. The van der Waals surface area contributed by atoms with Crippen LogP contribution in [0.2, 0.25) is 5.02 Å². The molecule has 1 aliphatic rings. The van der Waals surface area contributed by atoms with Crippen LogP contribution in [0.3, 0.4) is 0 Å². The van der Waals surface area contributed by atoms with Crippen molar-refractivity contribution in [1.29, 1.82) is 0 Å². The number of aromatic nitrogens is 2. The third-order valence-electron chi connectivity index (χ3n) is 4.88. The molecular formula is C19H26ClN5O. The maximum absolute atomic E-state index is 12.9. The Morgan fingerprint density at radius 3 is 3.04 bits per heavy atom. The van der Waals surface area contributed by atoms with Gasteiger partial charge in [0.15, 0.2) is 0 Å². The fourth-order valence-electron chi connectivity index (χ4n) is 3.47. The molecule has 1 aromatic heterocycles. The fourth-order valence-corrected chi connectivity index (χ4v) is 3.65. The molecule has 3 N–H and O–H groups in total. The highest BCUT2D eigenvalue weighted by molar-refractivity contribution is 6.31. The number of benzene rings is 1. The van der Waals surface area contributed by atoms with Crippen LogP contribution in [-0.2, 0) is 6.54 Å². The summed E-state index contributed by atoms with van der Waals surface area (Å²) in [6.07, 6.45) is 4.09. The summed E-state index contributed by atoms with van der Waals surface area (Å²) in [6.45, 7) is 6.37. The first-order valence-corrected chi connectivity index (χ1v) is 9.45. The first-order valence-electron chi connectivity index (χ1n) is 9.08. The van der Waals surface area contributed by atoms with Crippen molar-refractivity contribution in [3.8, 4) is 0 Å². The van der Waals surface area contributed by atoms with E-state index in [0.29, 0.717) is 35.4 Å². The zero-order valence-electron chi connectivity index (χ0n) is 15.1. The molecule has 1 atom stereocenters. The van der Waals surface area contributed by atoms with Crippen molar-refractivity contribution in [3.05, 3.63) is 46.7 Å². The van der Waals surface area contributed by atoms with Gasteiger partial charge < -0.3 is 15.5 Å². The van der Waals surface area contributed by atoms with Gasteiger partial charge in [-0.05, 0) is 55.1 Å². The van der Waals surface area contributed by atoms with Gasteiger partial charge >= 0.3 is 0 Å². The van der Waals surface area contributed by atoms with Crippen LogP contribution >= 0.6 is 11.6 Å². The van der Waals surface area contributed by atoms with Gasteiger partial charge in [0.2, 0.25) is 0 Å². The number of aromatic amines is 1. The van der Waals surface area contributed by atoms with Crippen molar-refractivity contribution in [3.63, 3.8) is 0 Å². The maximum atomic E-state index is 12.9. The molecule has 1 aromatic carbocycles. The third-order valence-corrected chi connectivity index (χ3v) is 5.25. The number of likely N-dealkylation sites (tertiary alicyclic amines) is 1. The number of amides is 1. The topological polar surface area (TPSA) is 78.2 Å². The van der Waals surface area contributed by atoms with Crippen LogP contribution in [0.4, 0.5) is 5.69 Å². The van der Waals surface area contributed by atoms with Gasteiger partial charge in [-0.25, -0.2) is 0 Å². The van der Waals surface area contributed by atoms with E-state index in [1.807, 2.05) is 11.0 Å². The number of hydrogen-bond donors (Lipinski definition) is 2. The van der Waals surface area contributed by atoms with Crippen molar-refractivity contribution in [2.45, 2.75) is 26.3 Å². The highest BCUT2D eigenvalue weighted by Gasteiger charge is 2.21. The van der Waals surface area contributed by atoms with Gasteiger partial charge in [-0.1, -0.05) is 18.5 Å². The number of carbonyl (C=O) groups is 1. The van der Waals surface area contributed by atoms with E-state index in [1.165, 1.54) is 12.8 Å². The quantitative estimate of drug-likeness (QED) is 0.761. The van der Waals surface area contributed by atoms with Gasteiger partial charge in [0, 0.05) is 43.1 Å². The highest BCUT2D eigenvalue weighted by Crippen LogP contribution is 2.22. The van der Waals surface area contributed by atoms with Gasteiger partial charge in [0.25, 0.3) is 5.91 Å². The molecule has 1 fully saturated rings. The Balaban J connectivity index is 1.73. The number of carbonyl (C=O) groups excluding carboxylic acids is 1. The van der Waals surface area contributed by atoms with Crippen molar-refractivity contribution >= 4 is 23.2 Å². The zero-order chi connectivity index (χ0) is 18.5. The SMILES string of the molecule is CC1CCCN(CCN(Cc2cc(N)ccc2Cl)C(=O)c2ccn[nH]2)C1. The molecule has 0 spiro atoms. The summed E-state index contributed by atoms with van der Waals surface area (Å²) >= 11 is 6.31. The number of hydrogen-bond acceptors (Lipinski definition) is 4. The van der Waals surface area contributed by atoms with E-state index < -0.39 is 0 Å². The molecule has 2 heterocycles. The lowest BCUT2D eigenvalue weighted by Gasteiger charge is -2.33. The summed E-state index contributed by atoms with van der Waals surface area (Å²) in [7, 11) is 0. The molecule has 7 heteroatoms. The third kappa shape index (κ3) is 4.77. The Morgan fingerprint density at radius 2 is 2.31 bits per heavy atom. The van der Waals surface area contributed by atoms with Gasteiger partial charge in [0.05, 0.1) is 0 Å². The van der Waals surface area contributed by atoms with Crippen molar-refractivity contribution in [1.82, 2.24) is 20.0 Å². The largest absolute Gasteiger partial charge is 0.399 e. The van der Waals surface area contributed by atoms with E-state index in [2.05, 4.69) is 22.0 Å². The number of piperidine rings is 1. The molecule has 3 rings (SSSR count). The molecule has 26 heavy (non-hydrogen) atoms. The summed E-state index contributed by atoms with van der Waals surface area (Å²) in [5.41, 5.74) is 7.87. The second kappa shape index (κ2) is 8.56. The van der Waals surface area contributed by atoms with E-state index in [-0.39, 0.29) is 5.91 Å². The van der Waals surface area contributed by atoms with E-state index >= 15 is 0 Å². The molecule has 0 radical (unpaired) electrons. The van der Waals surface area contributed by atoms with Crippen LogP contribution in [0.15, 0.2) is 30.5 Å². The number of H-pyrrole nitrogens is 1. The molecule has 6 nitrogen and oxygen atoms in total. The second-order valence-electron chi connectivity index (χ2n) is 7.10. The normalized spacial score (nSPS) is 18.0. The van der Waals surface area contributed by atoms with Crippen LogP contribution in [0.1, 0.15) is 35.8 Å². The summed E-state index contributed by atoms with van der Waals surface area (Å²) in [5, 5.41) is 7.28. The Labute approximate surface area is 159 Å². The van der Waals surface area contributed by atoms with Gasteiger partial charge in [-0.15, -0.1) is 0 Å². The molecule has 1 amide bonds. The first kappa shape index (κ1) is 18.7. The molecule has 1 saturated heterocycles. The zero-order valence-corrected chi connectivity index (χ0v) is 15.9. The minimum atomic E-state index is -0.0777. The monoisotopic (exact) mass is 375 g/mol. The molecule has 0 saturated carbocycles. The highest BCUT2D eigenvalue weighted by atomic mass is 35.5. The average Bonchev–Trinajstić information content (AvgIpc) is 3.15. The van der Waals surface area contributed by atoms with E-state index in [9.17, 15) is 4.79 Å². The molecule has 2 aromatic rings. The summed E-state index contributed by atoms with van der Waals surface area (Å²) in [5.74, 6) is 0.634. The molecule has 0 bridgehead atoms. The summed E-state index contributed by atoms with van der Waals surface area (Å²) < 4.78 is 0. The van der Waals surface area contributed by atoms with Crippen molar-refractivity contribution < 1.29 is 4.79 Å². The van der Waals surface area contributed by atoms with Gasteiger partial charge in [-0.3, -0.25) is 9.89 Å². The van der Waals surface area contributed by atoms with Crippen LogP contribution in [0.5, 0.6) is 0 Å². The average molecular weight is 376 g/mol. The number of nitrogens with zero attached hydrogens (tertiary/aromatic N) is 3. The van der Waals surface area contributed by atoms with Crippen LogP contribution in [0, 0.1) is 5.92 Å². The number of anilines is 1. The van der Waals surface area contributed by atoms with E-state index in [4.69, 9.17) is 17.3 Å². The van der Waals surface area contributed by atoms with Crippen LogP contribution in [-0.4, -0.2) is 52.1 Å². The Hall–Kier alpha value is -2.05. The molecule has 1 unspecified atom stereocenters. The Kier molecular flexibility index (Phi) is 6.16. The minimum Gasteiger partial charge on any atom is -0.399 e. The van der Waals surface area contributed by atoms with Gasteiger partial charge in [0.1, 0.15) is 5.69 Å².